The van der Waals surface area contributed by atoms with E-state index in [1.807, 2.05) is 56.6 Å². The van der Waals surface area contributed by atoms with Gasteiger partial charge < -0.3 is 33.6 Å². The third-order valence-electron chi connectivity index (χ3n) is 8.46. The van der Waals surface area contributed by atoms with Crippen LogP contribution in [0.1, 0.15) is 55.3 Å². The fraction of sp³-hybridized carbons (Fsp3) is 0.538. The van der Waals surface area contributed by atoms with Crippen LogP contribution in [0.3, 0.4) is 0 Å². The number of piperidine rings is 1. The van der Waals surface area contributed by atoms with E-state index in [4.69, 9.17) is 18.6 Å². The fourth-order valence-corrected chi connectivity index (χ4v) is 6.60. The smallest absolute Gasteiger partial charge is 0.303 e. The zero-order valence-corrected chi connectivity index (χ0v) is 33.0. The van der Waals surface area contributed by atoms with E-state index in [-0.39, 0.29) is 30.8 Å². The number of benzene rings is 2. The van der Waals surface area contributed by atoms with Crippen molar-refractivity contribution in [1.29, 1.82) is 0 Å². The first kappa shape index (κ1) is 43.4. The lowest BCUT2D eigenvalue weighted by atomic mass is 10.1. The third-order valence-corrected chi connectivity index (χ3v) is 9.45. The van der Waals surface area contributed by atoms with Gasteiger partial charge in [0.15, 0.2) is 18.1 Å². The van der Waals surface area contributed by atoms with Crippen LogP contribution in [0.25, 0.3) is 0 Å². The first-order valence-corrected chi connectivity index (χ1v) is 19.9. The Morgan fingerprint density at radius 2 is 1.78 bits per heavy atom. The predicted octanol–water partition coefficient (Wildman–Crippen LogP) is 4.41. The highest BCUT2D eigenvalue weighted by atomic mass is 32.2. The molecular weight excluding hydrogens is 729 g/mol. The number of hydrogen-bond donors (Lipinski definition) is 3. The highest BCUT2D eigenvalue weighted by Crippen LogP contribution is 2.32. The number of nitrogens with zero attached hydrogens (tertiary/aromatic N) is 3. The minimum absolute atomic E-state index is 0.193. The summed E-state index contributed by atoms with van der Waals surface area (Å²) in [5.41, 5.74) is 2.25. The zero-order valence-electron chi connectivity index (χ0n) is 32.2. The van der Waals surface area contributed by atoms with Crippen molar-refractivity contribution in [2.75, 3.05) is 72.6 Å². The van der Waals surface area contributed by atoms with Crippen molar-refractivity contribution < 1.29 is 37.9 Å². The van der Waals surface area contributed by atoms with Crippen molar-refractivity contribution in [3.63, 3.8) is 0 Å². The number of carbonyl (C=O) groups excluding carboxylic acids is 2. The quantitative estimate of drug-likeness (QED) is 0.0431. The summed E-state index contributed by atoms with van der Waals surface area (Å²) in [6.45, 7) is 7.37. The van der Waals surface area contributed by atoms with Gasteiger partial charge in [-0.3, -0.25) is 35.2 Å². The molecule has 0 radical (unpaired) electrons. The largest absolute Gasteiger partial charge is 0.494 e. The number of carbonyl (C=O) groups is 2. The van der Waals surface area contributed by atoms with Gasteiger partial charge in [-0.05, 0) is 94.0 Å². The van der Waals surface area contributed by atoms with Gasteiger partial charge in [-0.2, -0.15) is 11.8 Å². The SMILES string of the molecule is CC(=O)OCC(=O)NCCCOc1cccc(CN2CCCCC2)c1.CN(C)Cc1ccc(CSCCNC(C[N+](=O)[O-])NCc2ccc3c(c2)OCO3)o1. The number of fused-ring (bicyclic) bond motifs is 1. The Kier molecular flexibility index (Phi) is 19.1. The molecule has 0 aliphatic carbocycles. The lowest BCUT2D eigenvalue weighted by Crippen LogP contribution is -2.47. The standard InChI is InChI=1S/C20H28N4O5S.C19H28N2O4/c1-23(2)11-16-4-5-17(29-16)13-30-8-7-21-20(12-24(25)26)22-10-15-3-6-18-19(9-15)28-14-27-18;1-16(22)25-15-19(23)20-9-6-12-24-18-8-5-7-17(13-18)14-21-10-3-2-4-11-21/h3-6,9,20-22H,7-8,10-14H2,1-2H3;5,7-8,13H,2-4,6,9-12,14-15H2,1H3,(H,20,23). The van der Waals surface area contributed by atoms with E-state index in [2.05, 4.69) is 42.6 Å². The second-order valence-corrected chi connectivity index (χ2v) is 14.7. The van der Waals surface area contributed by atoms with Gasteiger partial charge in [0.05, 0.1) is 18.9 Å². The topological polar surface area (TPSA) is 170 Å². The van der Waals surface area contributed by atoms with Crippen molar-refractivity contribution in [2.24, 2.45) is 0 Å². The highest BCUT2D eigenvalue weighted by molar-refractivity contribution is 7.98. The van der Waals surface area contributed by atoms with Crippen LogP contribution in [0.15, 0.2) is 59.0 Å². The molecule has 2 aromatic carbocycles. The summed E-state index contributed by atoms with van der Waals surface area (Å²) < 4.78 is 26.8. The summed E-state index contributed by atoms with van der Waals surface area (Å²) in [5.74, 6) is 5.04. The van der Waals surface area contributed by atoms with E-state index in [0.717, 1.165) is 53.2 Å². The summed E-state index contributed by atoms with van der Waals surface area (Å²) in [7, 11) is 4.01. The normalized spacial score (nSPS) is 14.2. The molecule has 2 aliphatic rings. The van der Waals surface area contributed by atoms with Crippen LogP contribution < -0.4 is 30.2 Å². The number of thioether (sulfide) groups is 1. The molecule has 16 heteroatoms. The van der Waals surface area contributed by atoms with Crippen molar-refractivity contribution in [2.45, 2.75) is 64.2 Å². The average Bonchev–Trinajstić information content (AvgIpc) is 3.82. The van der Waals surface area contributed by atoms with Crippen LogP contribution in [-0.2, 0) is 39.7 Å². The minimum atomic E-state index is -0.456. The van der Waals surface area contributed by atoms with Crippen LogP contribution >= 0.6 is 11.8 Å². The third kappa shape index (κ3) is 17.8. The van der Waals surface area contributed by atoms with Gasteiger partial charge in [-0.15, -0.1) is 0 Å². The summed E-state index contributed by atoms with van der Waals surface area (Å²) in [6.07, 6.45) is 4.21. The number of likely N-dealkylation sites (tertiary alicyclic amines) is 1. The number of rotatable bonds is 22. The van der Waals surface area contributed by atoms with Crippen LogP contribution in [0.2, 0.25) is 0 Å². The van der Waals surface area contributed by atoms with Gasteiger partial charge in [-0.25, -0.2) is 0 Å². The number of esters is 1. The molecule has 55 heavy (non-hydrogen) atoms. The molecule has 302 valence electrons. The maximum atomic E-state index is 11.4. The maximum absolute atomic E-state index is 11.4. The first-order chi connectivity index (χ1) is 26.6. The Morgan fingerprint density at radius 3 is 2.56 bits per heavy atom. The van der Waals surface area contributed by atoms with Gasteiger partial charge in [-0.1, -0.05) is 24.6 Å². The molecule has 0 saturated carbocycles. The molecule has 3 N–H and O–H groups in total. The minimum Gasteiger partial charge on any atom is -0.494 e. The van der Waals surface area contributed by atoms with Gasteiger partial charge in [0.25, 0.3) is 5.91 Å². The lowest BCUT2D eigenvalue weighted by Gasteiger charge is -2.26. The molecule has 3 aromatic rings. The van der Waals surface area contributed by atoms with Gasteiger partial charge in [0.2, 0.25) is 13.3 Å². The number of hydrogen-bond acceptors (Lipinski definition) is 14. The Labute approximate surface area is 327 Å². The summed E-state index contributed by atoms with van der Waals surface area (Å²) in [5, 5.41) is 20.1. The number of furan rings is 1. The molecule has 0 bridgehead atoms. The maximum Gasteiger partial charge on any atom is 0.303 e. The first-order valence-electron chi connectivity index (χ1n) is 18.7. The number of amides is 1. The molecule has 1 fully saturated rings. The van der Waals surface area contributed by atoms with Crippen molar-refractivity contribution >= 4 is 23.6 Å². The second-order valence-electron chi connectivity index (χ2n) is 13.6. The molecule has 15 nitrogen and oxygen atoms in total. The van der Waals surface area contributed by atoms with Crippen molar-refractivity contribution in [3.05, 3.63) is 87.4 Å². The van der Waals surface area contributed by atoms with E-state index in [9.17, 15) is 19.7 Å². The fourth-order valence-electron chi connectivity index (χ4n) is 5.83. The second kappa shape index (κ2) is 24.2. The predicted molar refractivity (Wildman–Crippen MR) is 211 cm³/mol. The Bertz CT molecular complexity index is 1620. The van der Waals surface area contributed by atoms with E-state index < -0.39 is 12.1 Å². The molecule has 2 aliphatic heterocycles. The summed E-state index contributed by atoms with van der Waals surface area (Å²) >= 11 is 1.73. The number of nitrogens with one attached hydrogen (secondary N) is 3. The molecule has 1 atom stereocenters. The Morgan fingerprint density at radius 1 is 0.982 bits per heavy atom. The average molecular weight is 785 g/mol. The van der Waals surface area contributed by atoms with Crippen LogP contribution in [0, 0.1) is 10.1 Å². The molecule has 1 unspecified atom stereocenters. The summed E-state index contributed by atoms with van der Waals surface area (Å²) in [4.78, 5) is 37.2. The van der Waals surface area contributed by atoms with Crippen LogP contribution in [0.5, 0.6) is 17.2 Å². The van der Waals surface area contributed by atoms with Crippen molar-refractivity contribution in [1.82, 2.24) is 25.8 Å². The molecule has 5 rings (SSSR count). The number of nitro groups is 1. The van der Waals surface area contributed by atoms with Crippen molar-refractivity contribution in [3.8, 4) is 17.2 Å². The van der Waals surface area contributed by atoms with E-state index in [1.54, 1.807) is 11.8 Å². The van der Waals surface area contributed by atoms with E-state index in [1.165, 1.54) is 44.8 Å². The molecule has 1 saturated heterocycles. The number of ether oxygens (including phenoxy) is 4. The van der Waals surface area contributed by atoms with E-state index >= 15 is 0 Å². The molecule has 1 amide bonds. The monoisotopic (exact) mass is 784 g/mol. The lowest BCUT2D eigenvalue weighted by molar-refractivity contribution is -0.484. The van der Waals surface area contributed by atoms with Crippen LogP contribution in [0.4, 0.5) is 0 Å². The molecular formula is C39H56N6O9S. The molecule has 3 heterocycles. The molecule has 0 spiro atoms. The Balaban J connectivity index is 0.000000249. The van der Waals surface area contributed by atoms with Gasteiger partial charge >= 0.3 is 5.97 Å². The molecule has 1 aromatic heterocycles. The highest BCUT2D eigenvalue weighted by Gasteiger charge is 2.17. The van der Waals surface area contributed by atoms with Gasteiger partial charge in [0.1, 0.15) is 23.4 Å². The van der Waals surface area contributed by atoms with Gasteiger partial charge in [0, 0.05) is 43.8 Å². The Hall–Kier alpha value is -4.35. The zero-order chi connectivity index (χ0) is 39.3. The van der Waals surface area contributed by atoms with Crippen LogP contribution in [-0.4, -0.2) is 105 Å². The van der Waals surface area contributed by atoms with E-state index in [0.29, 0.717) is 38.4 Å². The summed E-state index contributed by atoms with van der Waals surface area (Å²) in [6, 6.07) is 17.9.